The molecule has 3 rings (SSSR count). The summed E-state index contributed by atoms with van der Waals surface area (Å²) >= 11 is 0. The van der Waals surface area contributed by atoms with Crippen molar-refractivity contribution in [3.63, 3.8) is 0 Å². The number of aromatic nitrogens is 2. The zero-order valence-electron chi connectivity index (χ0n) is 22.5. The highest BCUT2D eigenvalue weighted by molar-refractivity contribution is 5.88. The fourth-order valence-electron chi connectivity index (χ4n) is 4.40. The molecule has 0 fully saturated rings. The number of ether oxygens (including phenoxy) is 1. The zero-order chi connectivity index (χ0) is 26.3. The molecule has 0 spiro atoms. The van der Waals surface area contributed by atoms with Gasteiger partial charge < -0.3 is 4.74 Å². The van der Waals surface area contributed by atoms with Crippen molar-refractivity contribution < 1.29 is 13.9 Å². The molecule has 2 aromatic carbocycles. The molecule has 0 aliphatic heterocycles. The quantitative estimate of drug-likeness (QED) is 0.111. The van der Waals surface area contributed by atoms with Gasteiger partial charge in [-0.2, -0.15) is 0 Å². The first-order chi connectivity index (χ1) is 18.1. The second-order valence-corrected chi connectivity index (χ2v) is 9.82. The number of nitrogens with zero attached hydrogens (tertiary/aromatic N) is 2. The van der Waals surface area contributed by atoms with E-state index in [2.05, 4.69) is 35.9 Å². The SMILES string of the molecule is CCCCCCCCCCc1ccc(OC(=O)c2cnc(-c3ccc(CCCCC)cc3)cn2)c(F)c1. The summed E-state index contributed by atoms with van der Waals surface area (Å²) in [6, 6.07) is 13.1. The Morgan fingerprint density at radius 3 is 1.97 bits per heavy atom. The third kappa shape index (κ3) is 9.71. The molecule has 0 saturated carbocycles. The average molecular weight is 505 g/mol. The minimum absolute atomic E-state index is 0.0438. The van der Waals surface area contributed by atoms with Gasteiger partial charge in [0.15, 0.2) is 17.3 Å². The monoisotopic (exact) mass is 504 g/mol. The van der Waals surface area contributed by atoms with Gasteiger partial charge in [0.2, 0.25) is 0 Å². The first-order valence-electron chi connectivity index (χ1n) is 14.0. The van der Waals surface area contributed by atoms with Gasteiger partial charge in [0.05, 0.1) is 18.1 Å². The van der Waals surface area contributed by atoms with Crippen LogP contribution in [-0.4, -0.2) is 15.9 Å². The molecule has 0 amide bonds. The molecule has 5 heteroatoms. The number of carbonyl (C=O) groups excluding carboxylic acids is 1. The van der Waals surface area contributed by atoms with Crippen LogP contribution in [0.1, 0.15) is 106 Å². The van der Waals surface area contributed by atoms with Crippen molar-refractivity contribution in [2.75, 3.05) is 0 Å². The Bertz CT molecular complexity index is 1080. The predicted molar refractivity (Wildman–Crippen MR) is 148 cm³/mol. The summed E-state index contributed by atoms with van der Waals surface area (Å²) < 4.78 is 19.8. The van der Waals surface area contributed by atoms with Gasteiger partial charge in [-0.1, -0.05) is 102 Å². The van der Waals surface area contributed by atoms with Gasteiger partial charge in [-0.25, -0.2) is 14.2 Å². The van der Waals surface area contributed by atoms with E-state index in [1.165, 1.54) is 81.7 Å². The first kappa shape index (κ1) is 28.5. The number of carbonyl (C=O) groups is 1. The minimum atomic E-state index is -0.722. The van der Waals surface area contributed by atoms with E-state index in [-0.39, 0.29) is 11.4 Å². The third-order valence-electron chi connectivity index (χ3n) is 6.70. The van der Waals surface area contributed by atoms with Gasteiger partial charge >= 0.3 is 5.97 Å². The van der Waals surface area contributed by atoms with Crippen LogP contribution in [0.3, 0.4) is 0 Å². The Kier molecular flexibility index (Phi) is 12.2. The zero-order valence-corrected chi connectivity index (χ0v) is 22.5. The summed E-state index contributed by atoms with van der Waals surface area (Å²) in [4.78, 5) is 21.1. The van der Waals surface area contributed by atoms with Gasteiger partial charge in [0, 0.05) is 5.56 Å². The summed E-state index contributed by atoms with van der Waals surface area (Å²) in [7, 11) is 0. The lowest BCUT2D eigenvalue weighted by Crippen LogP contribution is -2.12. The predicted octanol–water partition coefficient (Wildman–Crippen LogP) is 8.92. The molecular weight excluding hydrogens is 463 g/mol. The Morgan fingerprint density at radius 1 is 0.730 bits per heavy atom. The lowest BCUT2D eigenvalue weighted by Gasteiger charge is -2.08. The van der Waals surface area contributed by atoms with Crippen LogP contribution >= 0.6 is 0 Å². The molecule has 0 unspecified atom stereocenters. The van der Waals surface area contributed by atoms with E-state index in [1.54, 1.807) is 6.20 Å². The second kappa shape index (κ2) is 15.9. The van der Waals surface area contributed by atoms with Crippen LogP contribution in [0.2, 0.25) is 0 Å². The minimum Gasteiger partial charge on any atom is -0.419 e. The molecule has 3 aromatic rings. The smallest absolute Gasteiger partial charge is 0.364 e. The van der Waals surface area contributed by atoms with Gasteiger partial charge in [-0.05, 0) is 48.9 Å². The first-order valence-corrected chi connectivity index (χ1v) is 14.0. The Morgan fingerprint density at radius 2 is 1.32 bits per heavy atom. The second-order valence-electron chi connectivity index (χ2n) is 9.82. The number of unbranched alkanes of at least 4 members (excludes halogenated alkanes) is 9. The standard InChI is InChI=1S/C32H41FN2O2/c1-3-5-7-8-9-10-11-13-15-26-18-21-31(28(33)22-26)37-32(36)30-24-34-29(23-35-30)27-19-16-25(17-20-27)14-12-6-4-2/h16-24H,3-15H2,1-2H3. The number of rotatable bonds is 16. The molecule has 1 heterocycles. The number of benzene rings is 2. The molecule has 1 aromatic heterocycles. The lowest BCUT2D eigenvalue weighted by molar-refractivity contribution is 0.0721. The molecular formula is C32H41FN2O2. The van der Waals surface area contributed by atoms with Crippen molar-refractivity contribution in [3.8, 4) is 17.0 Å². The Labute approximate surface area is 221 Å². The topological polar surface area (TPSA) is 52.1 Å². The highest BCUT2D eigenvalue weighted by atomic mass is 19.1. The number of aryl methyl sites for hydroxylation is 2. The fraction of sp³-hybridized carbons (Fsp3) is 0.469. The molecule has 198 valence electrons. The maximum Gasteiger partial charge on any atom is 0.364 e. The number of hydrogen-bond acceptors (Lipinski definition) is 4. The molecule has 0 aliphatic rings. The van der Waals surface area contributed by atoms with Crippen molar-refractivity contribution in [2.45, 2.75) is 97.3 Å². The van der Waals surface area contributed by atoms with Crippen LogP contribution in [0.5, 0.6) is 5.75 Å². The molecule has 0 saturated heterocycles. The van der Waals surface area contributed by atoms with Crippen LogP contribution in [0, 0.1) is 5.82 Å². The molecule has 37 heavy (non-hydrogen) atoms. The maximum atomic E-state index is 14.6. The number of halogens is 1. The maximum absolute atomic E-state index is 14.6. The molecule has 0 atom stereocenters. The summed E-state index contributed by atoms with van der Waals surface area (Å²) in [5.41, 5.74) is 3.88. The van der Waals surface area contributed by atoms with Crippen LogP contribution in [-0.2, 0) is 12.8 Å². The number of hydrogen-bond donors (Lipinski definition) is 0. The summed E-state index contributed by atoms with van der Waals surface area (Å²) in [6.45, 7) is 4.43. The Balaban J connectivity index is 1.47. The van der Waals surface area contributed by atoms with Gasteiger partial charge in [0.25, 0.3) is 0 Å². The van der Waals surface area contributed by atoms with E-state index < -0.39 is 11.8 Å². The summed E-state index contributed by atoms with van der Waals surface area (Å²) in [5.74, 6) is -1.34. The van der Waals surface area contributed by atoms with Gasteiger partial charge in [0.1, 0.15) is 0 Å². The molecule has 0 N–H and O–H groups in total. The van der Waals surface area contributed by atoms with E-state index >= 15 is 0 Å². The highest BCUT2D eigenvalue weighted by Gasteiger charge is 2.15. The largest absolute Gasteiger partial charge is 0.419 e. The Hall–Kier alpha value is -3.08. The average Bonchev–Trinajstić information content (AvgIpc) is 2.92. The van der Waals surface area contributed by atoms with Gasteiger partial charge in [-0.3, -0.25) is 4.98 Å². The molecule has 0 bridgehead atoms. The summed E-state index contributed by atoms with van der Waals surface area (Å²) in [5, 5.41) is 0. The van der Waals surface area contributed by atoms with Crippen molar-refractivity contribution >= 4 is 5.97 Å². The van der Waals surface area contributed by atoms with E-state index in [1.807, 2.05) is 18.2 Å². The van der Waals surface area contributed by atoms with Crippen molar-refractivity contribution in [1.82, 2.24) is 9.97 Å². The van der Waals surface area contributed by atoms with Gasteiger partial charge in [-0.15, -0.1) is 0 Å². The van der Waals surface area contributed by atoms with E-state index in [9.17, 15) is 9.18 Å². The molecule has 0 radical (unpaired) electrons. The van der Waals surface area contributed by atoms with Crippen molar-refractivity contribution in [1.29, 1.82) is 0 Å². The van der Waals surface area contributed by atoms with E-state index in [4.69, 9.17) is 4.74 Å². The molecule has 4 nitrogen and oxygen atoms in total. The van der Waals surface area contributed by atoms with Crippen LogP contribution in [0.4, 0.5) is 4.39 Å². The normalized spacial score (nSPS) is 11.0. The van der Waals surface area contributed by atoms with E-state index in [0.29, 0.717) is 5.69 Å². The third-order valence-corrected chi connectivity index (χ3v) is 6.70. The number of esters is 1. The highest BCUT2D eigenvalue weighted by Crippen LogP contribution is 2.22. The van der Waals surface area contributed by atoms with Crippen molar-refractivity contribution in [3.05, 3.63) is 77.5 Å². The van der Waals surface area contributed by atoms with Crippen LogP contribution < -0.4 is 4.74 Å². The lowest BCUT2D eigenvalue weighted by atomic mass is 10.0. The summed E-state index contributed by atoms with van der Waals surface area (Å²) in [6.07, 6.45) is 18.4. The van der Waals surface area contributed by atoms with E-state index in [0.717, 1.165) is 36.8 Å². The van der Waals surface area contributed by atoms with Crippen LogP contribution in [0.25, 0.3) is 11.3 Å². The fourth-order valence-corrected chi connectivity index (χ4v) is 4.40. The van der Waals surface area contributed by atoms with Crippen LogP contribution in [0.15, 0.2) is 54.9 Å². The molecule has 0 aliphatic carbocycles. The van der Waals surface area contributed by atoms with Crippen molar-refractivity contribution in [2.24, 2.45) is 0 Å².